The van der Waals surface area contributed by atoms with Crippen molar-refractivity contribution < 1.29 is 13.7 Å². The Bertz CT molecular complexity index is 478. The summed E-state index contributed by atoms with van der Waals surface area (Å²) in [6.45, 7) is 5.46. The molecule has 0 radical (unpaired) electrons. The van der Waals surface area contributed by atoms with Crippen LogP contribution in [0.2, 0.25) is 0 Å². The van der Waals surface area contributed by atoms with E-state index in [9.17, 15) is 4.21 Å². The van der Waals surface area contributed by atoms with E-state index >= 15 is 0 Å². The van der Waals surface area contributed by atoms with Gasteiger partial charge >= 0.3 is 0 Å². The lowest BCUT2D eigenvalue weighted by Crippen LogP contribution is -2.36. The second-order valence-electron chi connectivity index (χ2n) is 5.10. The third-order valence-corrected chi connectivity index (χ3v) is 5.25. The first-order chi connectivity index (χ1) is 9.65. The average Bonchev–Trinajstić information content (AvgIpc) is 2.51. The molecule has 0 spiro atoms. The summed E-state index contributed by atoms with van der Waals surface area (Å²) in [6.07, 6.45) is 1.07. The predicted molar refractivity (Wildman–Crippen MR) is 81.0 cm³/mol. The number of ether oxygens (including phenoxy) is 2. The van der Waals surface area contributed by atoms with Gasteiger partial charge in [0.05, 0.1) is 10.8 Å². The van der Waals surface area contributed by atoms with Crippen LogP contribution in [0.1, 0.15) is 20.3 Å². The summed E-state index contributed by atoms with van der Waals surface area (Å²) in [5.41, 5.74) is 0. The van der Waals surface area contributed by atoms with Crippen LogP contribution < -0.4 is 14.8 Å². The van der Waals surface area contributed by atoms with E-state index in [-0.39, 0.29) is 6.04 Å². The third-order valence-electron chi connectivity index (χ3n) is 3.81. The Morgan fingerprint density at radius 2 is 2.00 bits per heavy atom. The van der Waals surface area contributed by atoms with Crippen LogP contribution in [-0.2, 0) is 10.8 Å². The largest absolute Gasteiger partial charge is 0.486 e. The van der Waals surface area contributed by atoms with Crippen molar-refractivity contribution in [2.45, 2.75) is 31.2 Å². The van der Waals surface area contributed by atoms with E-state index in [1.807, 2.05) is 25.2 Å². The molecule has 1 aliphatic heterocycles. The summed E-state index contributed by atoms with van der Waals surface area (Å²) in [6, 6.07) is 5.81. The van der Waals surface area contributed by atoms with Gasteiger partial charge in [0, 0.05) is 22.8 Å². The number of fused-ring (bicyclic) bond motifs is 1. The lowest BCUT2D eigenvalue weighted by molar-refractivity contribution is 0.171. The lowest BCUT2D eigenvalue weighted by Gasteiger charge is -2.22. The molecule has 1 aromatic carbocycles. The zero-order chi connectivity index (χ0) is 14.5. The molecule has 0 saturated heterocycles. The first kappa shape index (κ1) is 15.3. The van der Waals surface area contributed by atoms with E-state index in [1.54, 1.807) is 0 Å². The molecule has 1 N–H and O–H groups in total. The molecular weight excluding hydrogens is 274 g/mol. The van der Waals surface area contributed by atoms with E-state index in [4.69, 9.17) is 9.47 Å². The number of nitrogens with one attached hydrogen (secondary N) is 1. The van der Waals surface area contributed by atoms with Crippen molar-refractivity contribution in [2.24, 2.45) is 5.92 Å². The molecule has 5 heteroatoms. The number of hydrogen-bond donors (Lipinski definition) is 1. The maximum atomic E-state index is 12.5. The highest BCUT2D eigenvalue weighted by atomic mass is 32.2. The Hall–Kier alpha value is -1.07. The fourth-order valence-corrected chi connectivity index (χ4v) is 3.71. The second kappa shape index (κ2) is 7.09. The molecule has 1 aromatic rings. The van der Waals surface area contributed by atoms with Crippen molar-refractivity contribution in [3.05, 3.63) is 18.2 Å². The van der Waals surface area contributed by atoms with Gasteiger partial charge < -0.3 is 14.8 Å². The summed E-state index contributed by atoms with van der Waals surface area (Å²) in [5.74, 6) is 2.56. The van der Waals surface area contributed by atoms with Crippen LogP contribution in [0.5, 0.6) is 11.5 Å². The third kappa shape index (κ3) is 3.52. The molecule has 0 aliphatic carbocycles. The zero-order valence-electron chi connectivity index (χ0n) is 12.3. The van der Waals surface area contributed by atoms with Gasteiger partial charge in [-0.05, 0) is 25.1 Å². The molecule has 0 amide bonds. The predicted octanol–water partition coefficient (Wildman–Crippen LogP) is 2.20. The maximum absolute atomic E-state index is 12.5. The molecular formula is C15H23NO3S. The van der Waals surface area contributed by atoms with Gasteiger partial charge in [-0.3, -0.25) is 4.21 Å². The topological polar surface area (TPSA) is 47.6 Å². The molecule has 0 fully saturated rings. The second-order valence-corrected chi connectivity index (χ2v) is 6.59. The van der Waals surface area contributed by atoms with Crippen molar-refractivity contribution in [2.75, 3.05) is 26.0 Å². The summed E-state index contributed by atoms with van der Waals surface area (Å²) >= 11 is 0. The van der Waals surface area contributed by atoms with Gasteiger partial charge in [-0.1, -0.05) is 20.3 Å². The van der Waals surface area contributed by atoms with Gasteiger partial charge in [0.1, 0.15) is 13.2 Å². The summed E-state index contributed by atoms with van der Waals surface area (Å²) in [5, 5.41) is 3.27. The monoisotopic (exact) mass is 297 g/mol. The molecule has 1 aliphatic rings. The van der Waals surface area contributed by atoms with Crippen LogP contribution in [0.3, 0.4) is 0 Å². The van der Waals surface area contributed by atoms with Crippen LogP contribution in [0.4, 0.5) is 0 Å². The van der Waals surface area contributed by atoms with Crippen LogP contribution in [0.15, 0.2) is 23.1 Å². The minimum atomic E-state index is -1.03. The van der Waals surface area contributed by atoms with Crippen LogP contribution >= 0.6 is 0 Å². The average molecular weight is 297 g/mol. The fourth-order valence-electron chi connectivity index (χ4n) is 2.24. The molecule has 20 heavy (non-hydrogen) atoms. The van der Waals surface area contributed by atoms with Crippen molar-refractivity contribution in [3.63, 3.8) is 0 Å². The van der Waals surface area contributed by atoms with Crippen molar-refractivity contribution in [3.8, 4) is 11.5 Å². The summed E-state index contributed by atoms with van der Waals surface area (Å²) in [7, 11) is 0.897. The van der Waals surface area contributed by atoms with Gasteiger partial charge in [0.2, 0.25) is 0 Å². The van der Waals surface area contributed by atoms with Gasteiger partial charge in [0.25, 0.3) is 0 Å². The van der Waals surface area contributed by atoms with Gasteiger partial charge in [-0.2, -0.15) is 0 Å². The first-order valence-corrected chi connectivity index (χ1v) is 8.42. The molecule has 2 rings (SSSR count). The minimum absolute atomic E-state index is 0.258. The van der Waals surface area contributed by atoms with Crippen molar-refractivity contribution in [1.29, 1.82) is 0 Å². The SMILES string of the molecule is CCC(C)C(CS(=O)c1ccc2c(c1)OCCO2)NC. The van der Waals surface area contributed by atoms with Gasteiger partial charge in [0.15, 0.2) is 11.5 Å². The van der Waals surface area contributed by atoms with E-state index in [1.165, 1.54) is 0 Å². The fraction of sp³-hybridized carbons (Fsp3) is 0.600. The number of hydrogen-bond acceptors (Lipinski definition) is 4. The lowest BCUT2D eigenvalue weighted by atomic mass is 10.0. The van der Waals surface area contributed by atoms with E-state index < -0.39 is 10.8 Å². The highest BCUT2D eigenvalue weighted by Crippen LogP contribution is 2.32. The van der Waals surface area contributed by atoms with E-state index in [0.717, 1.165) is 17.1 Å². The molecule has 4 nitrogen and oxygen atoms in total. The van der Waals surface area contributed by atoms with Crippen molar-refractivity contribution in [1.82, 2.24) is 5.32 Å². The van der Waals surface area contributed by atoms with E-state index in [2.05, 4.69) is 19.2 Å². The molecule has 112 valence electrons. The molecule has 0 saturated carbocycles. The van der Waals surface area contributed by atoms with Crippen LogP contribution in [0.25, 0.3) is 0 Å². The molecule has 3 atom stereocenters. The van der Waals surface area contributed by atoms with Crippen LogP contribution in [0, 0.1) is 5.92 Å². The highest BCUT2D eigenvalue weighted by molar-refractivity contribution is 7.85. The Morgan fingerprint density at radius 3 is 2.65 bits per heavy atom. The molecule has 3 unspecified atom stereocenters. The molecule has 1 heterocycles. The smallest absolute Gasteiger partial charge is 0.162 e. The quantitative estimate of drug-likeness (QED) is 0.874. The summed E-state index contributed by atoms with van der Waals surface area (Å²) < 4.78 is 23.5. The van der Waals surface area contributed by atoms with Gasteiger partial charge in [-0.25, -0.2) is 0 Å². The zero-order valence-corrected chi connectivity index (χ0v) is 13.2. The minimum Gasteiger partial charge on any atom is -0.486 e. The summed E-state index contributed by atoms with van der Waals surface area (Å²) in [4.78, 5) is 0.804. The first-order valence-electron chi connectivity index (χ1n) is 7.11. The molecule has 0 bridgehead atoms. The van der Waals surface area contributed by atoms with Crippen molar-refractivity contribution >= 4 is 10.8 Å². The number of rotatable bonds is 6. The Kier molecular flexibility index (Phi) is 5.43. The maximum Gasteiger partial charge on any atom is 0.162 e. The van der Waals surface area contributed by atoms with Crippen LogP contribution in [-0.4, -0.2) is 36.3 Å². The normalized spacial score (nSPS) is 18.4. The Morgan fingerprint density at radius 1 is 1.30 bits per heavy atom. The molecule has 0 aromatic heterocycles. The number of benzene rings is 1. The Labute approximate surface area is 123 Å². The van der Waals surface area contributed by atoms with Gasteiger partial charge in [-0.15, -0.1) is 0 Å². The highest BCUT2D eigenvalue weighted by Gasteiger charge is 2.19. The van der Waals surface area contributed by atoms with E-state index in [0.29, 0.717) is 30.6 Å². The standard InChI is InChI=1S/C15H23NO3S/c1-4-11(2)13(16-3)10-20(17)12-5-6-14-15(9-12)19-8-7-18-14/h5-6,9,11,13,16H,4,7-8,10H2,1-3H3. The Balaban J connectivity index is 2.09.